The van der Waals surface area contributed by atoms with Crippen LogP contribution in [-0.2, 0) is 9.53 Å². The predicted octanol–water partition coefficient (Wildman–Crippen LogP) is 3.09. The number of alkyl halides is 2. The number of carbonyl (C=O) groups excluding carboxylic acids is 1. The molecule has 0 saturated heterocycles. The SMILES string of the molecule is O=C(/C=C/c1ccccc1)OCC(Cl)CCl. The molecule has 0 aliphatic heterocycles. The summed E-state index contributed by atoms with van der Waals surface area (Å²) in [5.41, 5.74) is 0.944. The monoisotopic (exact) mass is 258 g/mol. The van der Waals surface area contributed by atoms with Gasteiger partial charge in [0.1, 0.15) is 6.61 Å². The maximum Gasteiger partial charge on any atom is 0.330 e. The minimum atomic E-state index is -0.417. The molecule has 0 aliphatic rings. The molecule has 0 aromatic heterocycles. The maximum atomic E-state index is 11.2. The molecule has 4 heteroatoms. The lowest BCUT2D eigenvalue weighted by Crippen LogP contribution is -2.13. The summed E-state index contributed by atoms with van der Waals surface area (Å²) in [7, 11) is 0. The van der Waals surface area contributed by atoms with E-state index in [1.165, 1.54) is 6.08 Å². The van der Waals surface area contributed by atoms with Crippen LogP contribution in [0.3, 0.4) is 0 Å². The Morgan fingerprint density at radius 3 is 2.69 bits per heavy atom. The lowest BCUT2D eigenvalue weighted by molar-refractivity contribution is -0.137. The minimum Gasteiger partial charge on any atom is -0.461 e. The number of rotatable bonds is 5. The zero-order chi connectivity index (χ0) is 11.8. The van der Waals surface area contributed by atoms with Crippen LogP contribution in [0.25, 0.3) is 6.08 Å². The van der Waals surface area contributed by atoms with E-state index in [1.807, 2.05) is 30.3 Å². The molecule has 1 aromatic rings. The molecule has 0 heterocycles. The average molecular weight is 259 g/mol. The molecular formula is C12H12Cl2O2. The summed E-state index contributed by atoms with van der Waals surface area (Å²) in [4.78, 5) is 11.2. The van der Waals surface area contributed by atoms with Crippen LogP contribution >= 0.6 is 23.2 Å². The van der Waals surface area contributed by atoms with Crippen LogP contribution < -0.4 is 0 Å². The Kier molecular flexibility index (Phi) is 5.98. The van der Waals surface area contributed by atoms with Crippen LogP contribution in [0.4, 0.5) is 0 Å². The summed E-state index contributed by atoms with van der Waals surface area (Å²) >= 11 is 11.2. The second-order valence-corrected chi connectivity index (χ2v) is 4.05. The molecule has 1 atom stereocenters. The molecule has 0 aliphatic carbocycles. The van der Waals surface area contributed by atoms with Crippen molar-refractivity contribution in [3.05, 3.63) is 42.0 Å². The van der Waals surface area contributed by atoms with Crippen molar-refractivity contribution in [1.29, 1.82) is 0 Å². The standard InChI is InChI=1S/C12H12Cl2O2/c13-8-11(14)9-16-12(15)7-6-10-4-2-1-3-5-10/h1-7,11H,8-9H2/b7-6+. The van der Waals surface area contributed by atoms with E-state index >= 15 is 0 Å². The largest absolute Gasteiger partial charge is 0.461 e. The highest BCUT2D eigenvalue weighted by Gasteiger charge is 2.04. The molecule has 0 fully saturated rings. The molecule has 1 unspecified atom stereocenters. The Morgan fingerprint density at radius 2 is 2.06 bits per heavy atom. The number of benzene rings is 1. The zero-order valence-corrected chi connectivity index (χ0v) is 10.1. The predicted molar refractivity (Wildman–Crippen MR) is 66.8 cm³/mol. The normalized spacial score (nSPS) is 12.6. The second-order valence-electron chi connectivity index (χ2n) is 3.13. The van der Waals surface area contributed by atoms with Gasteiger partial charge >= 0.3 is 5.97 Å². The summed E-state index contributed by atoms with van der Waals surface area (Å²) in [6.45, 7) is 0.128. The summed E-state index contributed by atoms with van der Waals surface area (Å²) in [6, 6.07) is 9.49. The van der Waals surface area contributed by atoms with E-state index in [-0.39, 0.29) is 17.9 Å². The molecular weight excluding hydrogens is 247 g/mol. The molecule has 86 valence electrons. The zero-order valence-electron chi connectivity index (χ0n) is 8.61. The Balaban J connectivity index is 2.37. The molecule has 0 amide bonds. The number of hydrogen-bond acceptors (Lipinski definition) is 2. The molecule has 0 bridgehead atoms. The van der Waals surface area contributed by atoms with Gasteiger partial charge in [0, 0.05) is 12.0 Å². The first-order valence-corrected chi connectivity index (χ1v) is 5.79. The number of hydrogen-bond donors (Lipinski definition) is 0. The van der Waals surface area contributed by atoms with Crippen molar-refractivity contribution >= 4 is 35.2 Å². The molecule has 0 N–H and O–H groups in total. The third kappa shape index (κ3) is 5.19. The first-order valence-electron chi connectivity index (χ1n) is 4.82. The fourth-order valence-corrected chi connectivity index (χ4v) is 1.15. The van der Waals surface area contributed by atoms with E-state index in [9.17, 15) is 4.79 Å². The van der Waals surface area contributed by atoms with Gasteiger partial charge in [0.2, 0.25) is 0 Å². The molecule has 1 rings (SSSR count). The summed E-state index contributed by atoms with van der Waals surface area (Å²) < 4.78 is 4.87. The van der Waals surface area contributed by atoms with Gasteiger partial charge in [-0.3, -0.25) is 0 Å². The van der Waals surface area contributed by atoms with Gasteiger partial charge in [-0.15, -0.1) is 23.2 Å². The number of carbonyl (C=O) groups is 1. The fraction of sp³-hybridized carbons (Fsp3) is 0.250. The van der Waals surface area contributed by atoms with Crippen LogP contribution in [0, 0.1) is 0 Å². The number of ether oxygens (including phenoxy) is 1. The summed E-state index contributed by atoms with van der Waals surface area (Å²) in [5.74, 6) is -0.156. The van der Waals surface area contributed by atoms with E-state index in [0.29, 0.717) is 0 Å². The van der Waals surface area contributed by atoms with E-state index in [4.69, 9.17) is 27.9 Å². The van der Waals surface area contributed by atoms with Gasteiger partial charge in [0.05, 0.1) is 5.38 Å². The molecule has 0 saturated carbocycles. The third-order valence-electron chi connectivity index (χ3n) is 1.79. The van der Waals surface area contributed by atoms with Crippen LogP contribution in [0.1, 0.15) is 5.56 Å². The Bertz CT molecular complexity index is 349. The van der Waals surface area contributed by atoms with Gasteiger partial charge in [-0.05, 0) is 11.6 Å². The van der Waals surface area contributed by atoms with Crippen LogP contribution in [0.15, 0.2) is 36.4 Å². The lowest BCUT2D eigenvalue weighted by atomic mass is 10.2. The number of halogens is 2. The lowest BCUT2D eigenvalue weighted by Gasteiger charge is -2.04. The van der Waals surface area contributed by atoms with Gasteiger partial charge < -0.3 is 4.74 Å². The quantitative estimate of drug-likeness (QED) is 0.461. The van der Waals surface area contributed by atoms with Gasteiger partial charge in [-0.2, -0.15) is 0 Å². The van der Waals surface area contributed by atoms with Gasteiger partial charge in [-0.25, -0.2) is 4.79 Å². The highest BCUT2D eigenvalue weighted by molar-refractivity contribution is 6.28. The smallest absolute Gasteiger partial charge is 0.330 e. The van der Waals surface area contributed by atoms with Gasteiger partial charge in [-0.1, -0.05) is 30.3 Å². The van der Waals surface area contributed by atoms with Gasteiger partial charge in [0.15, 0.2) is 0 Å². The average Bonchev–Trinajstić information content (AvgIpc) is 2.34. The van der Waals surface area contributed by atoms with Crippen molar-refractivity contribution in [3.63, 3.8) is 0 Å². The Morgan fingerprint density at radius 1 is 1.38 bits per heavy atom. The number of esters is 1. The van der Waals surface area contributed by atoms with E-state index < -0.39 is 5.97 Å². The van der Waals surface area contributed by atoms with Crippen LogP contribution in [0.2, 0.25) is 0 Å². The van der Waals surface area contributed by atoms with Crippen LogP contribution in [0.5, 0.6) is 0 Å². The van der Waals surface area contributed by atoms with Crippen molar-refractivity contribution in [2.75, 3.05) is 12.5 Å². The molecule has 16 heavy (non-hydrogen) atoms. The molecule has 2 nitrogen and oxygen atoms in total. The first kappa shape index (κ1) is 13.1. The summed E-state index contributed by atoms with van der Waals surface area (Å²) in [6.07, 6.45) is 3.06. The van der Waals surface area contributed by atoms with Crippen molar-refractivity contribution in [2.24, 2.45) is 0 Å². The Labute approximate surface area is 105 Å². The van der Waals surface area contributed by atoms with Crippen molar-refractivity contribution in [1.82, 2.24) is 0 Å². The highest BCUT2D eigenvalue weighted by atomic mass is 35.5. The van der Waals surface area contributed by atoms with Crippen LogP contribution in [-0.4, -0.2) is 23.8 Å². The first-order chi connectivity index (χ1) is 7.72. The van der Waals surface area contributed by atoms with Crippen molar-refractivity contribution < 1.29 is 9.53 Å². The van der Waals surface area contributed by atoms with E-state index in [2.05, 4.69) is 0 Å². The maximum absolute atomic E-state index is 11.2. The fourth-order valence-electron chi connectivity index (χ4n) is 0.994. The van der Waals surface area contributed by atoms with Crippen molar-refractivity contribution in [2.45, 2.75) is 5.38 Å². The molecule has 0 radical (unpaired) electrons. The highest BCUT2D eigenvalue weighted by Crippen LogP contribution is 2.03. The summed E-state index contributed by atoms with van der Waals surface area (Å²) in [5, 5.41) is -0.337. The third-order valence-corrected chi connectivity index (χ3v) is 2.60. The Hall–Kier alpha value is -0.990. The van der Waals surface area contributed by atoms with E-state index in [0.717, 1.165) is 5.56 Å². The molecule has 1 aromatic carbocycles. The van der Waals surface area contributed by atoms with Crippen molar-refractivity contribution in [3.8, 4) is 0 Å². The second kappa shape index (κ2) is 7.31. The topological polar surface area (TPSA) is 26.3 Å². The minimum absolute atomic E-state index is 0.128. The van der Waals surface area contributed by atoms with E-state index in [1.54, 1.807) is 6.08 Å². The molecule has 0 spiro atoms. The van der Waals surface area contributed by atoms with Gasteiger partial charge in [0.25, 0.3) is 0 Å².